The molecular weight excluding hydrogens is 337 g/mol. The van der Waals surface area contributed by atoms with Crippen molar-refractivity contribution in [1.29, 1.82) is 0 Å². The molecule has 0 radical (unpaired) electrons. The van der Waals surface area contributed by atoms with E-state index >= 15 is 0 Å². The Bertz CT molecular complexity index is 663. The van der Waals surface area contributed by atoms with Gasteiger partial charge in [0.25, 0.3) is 0 Å². The van der Waals surface area contributed by atoms with Crippen LogP contribution in [0.3, 0.4) is 0 Å². The van der Waals surface area contributed by atoms with Gasteiger partial charge in [-0.2, -0.15) is 0 Å². The molecule has 0 spiro atoms. The standard InChI is InChI=1S/C14H8BrF3O2/c1-20-8-5-11(17)13(12(18)6-8)14(19)9-4-7(15)2-3-10(9)16/h2-6H,1H3. The molecule has 6 heteroatoms. The molecule has 0 N–H and O–H groups in total. The van der Waals surface area contributed by atoms with E-state index in [-0.39, 0.29) is 5.75 Å². The highest BCUT2D eigenvalue weighted by atomic mass is 79.9. The van der Waals surface area contributed by atoms with Crippen LogP contribution in [0.1, 0.15) is 15.9 Å². The zero-order chi connectivity index (χ0) is 14.9. The maximum atomic E-state index is 13.8. The second-order valence-electron chi connectivity index (χ2n) is 3.92. The molecule has 104 valence electrons. The Hall–Kier alpha value is -1.82. The van der Waals surface area contributed by atoms with Gasteiger partial charge in [-0.25, -0.2) is 13.2 Å². The number of rotatable bonds is 3. The molecule has 0 heterocycles. The first-order valence-corrected chi connectivity index (χ1v) is 6.26. The van der Waals surface area contributed by atoms with Gasteiger partial charge in [0, 0.05) is 16.6 Å². The molecule has 0 aromatic heterocycles. The van der Waals surface area contributed by atoms with Crippen molar-refractivity contribution in [2.45, 2.75) is 0 Å². The molecule has 0 saturated carbocycles. The van der Waals surface area contributed by atoms with E-state index in [1.807, 2.05) is 0 Å². The summed E-state index contributed by atoms with van der Waals surface area (Å²) in [6.45, 7) is 0. The number of carbonyl (C=O) groups excluding carboxylic acids is 1. The Kier molecular flexibility index (Phi) is 4.13. The summed E-state index contributed by atoms with van der Waals surface area (Å²) in [5.41, 5.74) is -1.23. The molecular formula is C14H8BrF3O2. The monoisotopic (exact) mass is 344 g/mol. The summed E-state index contributed by atoms with van der Waals surface area (Å²) in [4.78, 5) is 12.1. The first-order valence-electron chi connectivity index (χ1n) is 5.47. The number of carbonyl (C=O) groups is 1. The van der Waals surface area contributed by atoms with Gasteiger partial charge in [-0.1, -0.05) is 15.9 Å². The van der Waals surface area contributed by atoms with Gasteiger partial charge in [0.15, 0.2) is 0 Å². The van der Waals surface area contributed by atoms with E-state index in [9.17, 15) is 18.0 Å². The van der Waals surface area contributed by atoms with Crippen molar-refractivity contribution >= 4 is 21.7 Å². The molecule has 2 rings (SSSR count). The van der Waals surface area contributed by atoms with E-state index in [4.69, 9.17) is 0 Å². The molecule has 0 bridgehead atoms. The number of ether oxygens (including phenoxy) is 1. The Morgan fingerprint density at radius 1 is 1.05 bits per heavy atom. The normalized spacial score (nSPS) is 10.4. The third-order valence-corrected chi connectivity index (χ3v) is 3.14. The molecule has 0 aliphatic rings. The molecule has 0 saturated heterocycles. The zero-order valence-corrected chi connectivity index (χ0v) is 11.8. The molecule has 20 heavy (non-hydrogen) atoms. The number of benzene rings is 2. The predicted octanol–water partition coefficient (Wildman–Crippen LogP) is 4.11. The smallest absolute Gasteiger partial charge is 0.201 e. The summed E-state index contributed by atoms with van der Waals surface area (Å²) in [7, 11) is 1.24. The van der Waals surface area contributed by atoms with E-state index < -0.39 is 34.4 Å². The molecule has 0 atom stereocenters. The van der Waals surface area contributed by atoms with Gasteiger partial charge in [0.2, 0.25) is 5.78 Å². The van der Waals surface area contributed by atoms with Crippen LogP contribution in [0, 0.1) is 17.5 Å². The minimum absolute atomic E-state index is 0.0636. The van der Waals surface area contributed by atoms with E-state index in [2.05, 4.69) is 20.7 Å². The molecule has 0 unspecified atom stereocenters. The summed E-state index contributed by atoms with van der Waals surface area (Å²) in [5.74, 6) is -4.20. The number of halogens is 4. The third-order valence-electron chi connectivity index (χ3n) is 2.65. The van der Waals surface area contributed by atoms with Crippen molar-refractivity contribution in [3.05, 3.63) is 63.4 Å². The van der Waals surface area contributed by atoms with E-state index in [1.165, 1.54) is 19.2 Å². The summed E-state index contributed by atoms with van der Waals surface area (Å²) in [5, 5.41) is 0. The maximum absolute atomic E-state index is 13.8. The predicted molar refractivity (Wildman–Crippen MR) is 70.4 cm³/mol. The second-order valence-corrected chi connectivity index (χ2v) is 4.84. The molecule has 0 amide bonds. The minimum Gasteiger partial charge on any atom is -0.497 e. The van der Waals surface area contributed by atoms with Crippen LogP contribution in [-0.4, -0.2) is 12.9 Å². The second kappa shape index (κ2) is 5.66. The first-order chi connectivity index (χ1) is 9.43. The van der Waals surface area contributed by atoms with Crippen LogP contribution < -0.4 is 4.74 Å². The maximum Gasteiger partial charge on any atom is 0.201 e. The van der Waals surface area contributed by atoms with Crippen LogP contribution in [0.25, 0.3) is 0 Å². The van der Waals surface area contributed by atoms with Gasteiger partial charge in [0.1, 0.15) is 23.2 Å². The van der Waals surface area contributed by atoms with Crippen LogP contribution in [-0.2, 0) is 0 Å². The average molecular weight is 345 g/mol. The molecule has 2 aromatic rings. The molecule has 0 aliphatic carbocycles. The highest BCUT2D eigenvalue weighted by Gasteiger charge is 2.23. The fourth-order valence-corrected chi connectivity index (χ4v) is 2.05. The molecule has 2 nitrogen and oxygen atoms in total. The van der Waals surface area contributed by atoms with Crippen LogP contribution in [0.4, 0.5) is 13.2 Å². The zero-order valence-electron chi connectivity index (χ0n) is 10.2. The van der Waals surface area contributed by atoms with Gasteiger partial charge < -0.3 is 4.74 Å². The lowest BCUT2D eigenvalue weighted by Crippen LogP contribution is -2.10. The van der Waals surface area contributed by atoms with E-state index in [1.54, 1.807) is 0 Å². The number of hydrogen-bond acceptors (Lipinski definition) is 2. The quantitative estimate of drug-likeness (QED) is 0.783. The van der Waals surface area contributed by atoms with Crippen LogP contribution in [0.15, 0.2) is 34.8 Å². The number of ketones is 1. The van der Waals surface area contributed by atoms with Crippen LogP contribution >= 0.6 is 15.9 Å². The molecule has 0 aliphatic heterocycles. The van der Waals surface area contributed by atoms with Crippen molar-refractivity contribution in [3.63, 3.8) is 0 Å². The minimum atomic E-state index is -1.11. The van der Waals surface area contributed by atoms with Gasteiger partial charge in [-0.15, -0.1) is 0 Å². The lowest BCUT2D eigenvalue weighted by molar-refractivity contribution is 0.102. The fourth-order valence-electron chi connectivity index (χ4n) is 1.69. The highest BCUT2D eigenvalue weighted by molar-refractivity contribution is 9.10. The van der Waals surface area contributed by atoms with Crippen LogP contribution in [0.2, 0.25) is 0 Å². The Balaban J connectivity index is 2.56. The highest BCUT2D eigenvalue weighted by Crippen LogP contribution is 2.25. The molecule has 0 fully saturated rings. The number of methoxy groups -OCH3 is 1. The fraction of sp³-hybridized carbons (Fsp3) is 0.0714. The third kappa shape index (κ3) is 2.70. The first kappa shape index (κ1) is 14.6. The van der Waals surface area contributed by atoms with Crippen molar-refractivity contribution in [2.24, 2.45) is 0 Å². The van der Waals surface area contributed by atoms with Crippen molar-refractivity contribution in [1.82, 2.24) is 0 Å². The summed E-state index contributed by atoms with van der Waals surface area (Å²) in [6.07, 6.45) is 0. The van der Waals surface area contributed by atoms with Crippen molar-refractivity contribution in [2.75, 3.05) is 7.11 Å². The Morgan fingerprint density at radius 2 is 1.65 bits per heavy atom. The van der Waals surface area contributed by atoms with Gasteiger partial charge in [0.05, 0.1) is 18.2 Å². The summed E-state index contributed by atoms with van der Waals surface area (Å²) < 4.78 is 46.3. The average Bonchev–Trinajstić information content (AvgIpc) is 2.40. The number of hydrogen-bond donors (Lipinski definition) is 0. The topological polar surface area (TPSA) is 26.3 Å². The lowest BCUT2D eigenvalue weighted by atomic mass is 10.0. The van der Waals surface area contributed by atoms with Gasteiger partial charge in [-0.05, 0) is 18.2 Å². The van der Waals surface area contributed by atoms with Crippen LogP contribution in [0.5, 0.6) is 5.75 Å². The lowest BCUT2D eigenvalue weighted by Gasteiger charge is -2.08. The summed E-state index contributed by atoms with van der Waals surface area (Å²) in [6, 6.07) is 5.32. The summed E-state index contributed by atoms with van der Waals surface area (Å²) >= 11 is 3.07. The largest absolute Gasteiger partial charge is 0.497 e. The molecule has 2 aromatic carbocycles. The van der Waals surface area contributed by atoms with Gasteiger partial charge >= 0.3 is 0 Å². The van der Waals surface area contributed by atoms with Crippen molar-refractivity contribution in [3.8, 4) is 5.75 Å². The van der Waals surface area contributed by atoms with E-state index in [0.29, 0.717) is 4.47 Å². The Morgan fingerprint density at radius 3 is 2.20 bits per heavy atom. The van der Waals surface area contributed by atoms with E-state index in [0.717, 1.165) is 18.2 Å². The Labute approximate surface area is 121 Å². The van der Waals surface area contributed by atoms with Crippen molar-refractivity contribution < 1.29 is 22.7 Å². The van der Waals surface area contributed by atoms with Gasteiger partial charge in [-0.3, -0.25) is 4.79 Å². The SMILES string of the molecule is COc1cc(F)c(C(=O)c2cc(Br)ccc2F)c(F)c1.